The van der Waals surface area contributed by atoms with E-state index in [2.05, 4.69) is 40.4 Å². The second-order valence-electron chi connectivity index (χ2n) is 9.11. The summed E-state index contributed by atoms with van der Waals surface area (Å²) in [5, 5.41) is -0.348. The number of methoxy groups -OCH3 is 1. The van der Waals surface area contributed by atoms with Gasteiger partial charge in [-0.2, -0.15) is 13.4 Å². The Morgan fingerprint density at radius 3 is 2.51 bits per heavy atom. The zero-order chi connectivity index (χ0) is 25.2. The molecule has 1 amide bonds. The van der Waals surface area contributed by atoms with E-state index in [1.54, 1.807) is 42.6 Å². The standard InChI is InChI=1S/C25H28N4O5S/c1-17-15-25(2,3)29(16-17)23-18(9-8-14-26-23)24(30)28-35(31,32)22-13-7-12-21(27-22)34-20-11-6-5-10-19(20)33-4/h5-14,17H,15-16H2,1-4H3,(H,28,30). The molecule has 1 aliphatic heterocycles. The van der Waals surface area contributed by atoms with E-state index in [4.69, 9.17) is 9.47 Å². The third kappa shape index (κ3) is 5.22. The number of rotatable bonds is 7. The average molecular weight is 497 g/mol. The zero-order valence-corrected chi connectivity index (χ0v) is 20.9. The lowest BCUT2D eigenvalue weighted by atomic mass is 9.97. The van der Waals surface area contributed by atoms with Crippen molar-refractivity contribution in [3.63, 3.8) is 0 Å². The van der Waals surface area contributed by atoms with E-state index in [1.807, 2.05) is 0 Å². The summed E-state index contributed by atoms with van der Waals surface area (Å²) < 4.78 is 39.2. The lowest BCUT2D eigenvalue weighted by Gasteiger charge is -2.33. The minimum atomic E-state index is -4.29. The molecule has 1 unspecified atom stereocenters. The Hall–Kier alpha value is -3.66. The van der Waals surface area contributed by atoms with Gasteiger partial charge in [-0.25, -0.2) is 9.71 Å². The van der Waals surface area contributed by atoms with Crippen LogP contribution in [0.4, 0.5) is 5.82 Å². The van der Waals surface area contributed by atoms with Crippen molar-refractivity contribution in [3.05, 3.63) is 66.4 Å². The molecule has 1 saturated heterocycles. The minimum absolute atomic E-state index is 0.0414. The van der Waals surface area contributed by atoms with Crippen LogP contribution in [0, 0.1) is 5.92 Å². The molecule has 184 valence electrons. The van der Waals surface area contributed by atoms with E-state index in [0.29, 0.717) is 23.2 Å². The maximum absolute atomic E-state index is 13.1. The summed E-state index contributed by atoms with van der Waals surface area (Å²) in [5.41, 5.74) is -0.0346. The molecule has 3 heterocycles. The predicted molar refractivity (Wildman–Crippen MR) is 131 cm³/mol. The van der Waals surface area contributed by atoms with E-state index in [1.165, 1.54) is 25.3 Å². The number of carbonyl (C=O) groups is 1. The number of sulfonamides is 1. The first-order valence-electron chi connectivity index (χ1n) is 11.2. The number of amides is 1. The van der Waals surface area contributed by atoms with Crippen LogP contribution in [0.25, 0.3) is 0 Å². The van der Waals surface area contributed by atoms with E-state index in [-0.39, 0.29) is 22.0 Å². The number of ether oxygens (including phenoxy) is 2. The van der Waals surface area contributed by atoms with Crippen molar-refractivity contribution >= 4 is 21.7 Å². The van der Waals surface area contributed by atoms with Crippen LogP contribution < -0.4 is 19.1 Å². The van der Waals surface area contributed by atoms with Crippen molar-refractivity contribution in [1.82, 2.24) is 14.7 Å². The number of pyridine rings is 2. The molecule has 1 aromatic carbocycles. The Bertz CT molecular complexity index is 1340. The number of nitrogens with zero attached hydrogens (tertiary/aromatic N) is 3. The molecule has 10 heteroatoms. The molecule has 3 aromatic rings. The molecular formula is C25H28N4O5S. The maximum Gasteiger partial charge on any atom is 0.281 e. The number of aromatic nitrogens is 2. The summed E-state index contributed by atoms with van der Waals surface area (Å²) in [4.78, 5) is 23.7. The van der Waals surface area contributed by atoms with Crippen LogP contribution >= 0.6 is 0 Å². The van der Waals surface area contributed by atoms with Crippen molar-refractivity contribution in [1.29, 1.82) is 0 Å². The lowest BCUT2D eigenvalue weighted by molar-refractivity contribution is 0.0981. The van der Waals surface area contributed by atoms with Crippen molar-refractivity contribution in [2.75, 3.05) is 18.6 Å². The van der Waals surface area contributed by atoms with Crippen molar-refractivity contribution < 1.29 is 22.7 Å². The van der Waals surface area contributed by atoms with Crippen molar-refractivity contribution in [3.8, 4) is 17.4 Å². The highest BCUT2D eigenvalue weighted by atomic mass is 32.2. The van der Waals surface area contributed by atoms with E-state index in [9.17, 15) is 13.2 Å². The molecule has 0 spiro atoms. The van der Waals surface area contributed by atoms with Gasteiger partial charge in [0.2, 0.25) is 5.88 Å². The number of nitrogens with one attached hydrogen (secondary N) is 1. The summed E-state index contributed by atoms with van der Waals surface area (Å²) in [5.74, 6) is 0.987. The summed E-state index contributed by atoms with van der Waals surface area (Å²) >= 11 is 0. The van der Waals surface area contributed by atoms with Crippen molar-refractivity contribution in [2.45, 2.75) is 37.8 Å². The van der Waals surface area contributed by atoms with Crippen LogP contribution in [-0.4, -0.2) is 43.5 Å². The van der Waals surface area contributed by atoms with Gasteiger partial charge in [0.1, 0.15) is 5.82 Å². The third-order valence-electron chi connectivity index (χ3n) is 5.84. The fourth-order valence-electron chi connectivity index (χ4n) is 4.40. The molecule has 0 aliphatic carbocycles. The first-order chi connectivity index (χ1) is 16.6. The second kappa shape index (κ2) is 9.53. The molecule has 1 aliphatic rings. The zero-order valence-electron chi connectivity index (χ0n) is 20.1. The first-order valence-corrected chi connectivity index (χ1v) is 12.7. The highest BCUT2D eigenvalue weighted by Crippen LogP contribution is 2.37. The van der Waals surface area contributed by atoms with Crippen LogP contribution in [0.1, 0.15) is 37.6 Å². The maximum atomic E-state index is 13.1. The molecule has 2 aromatic heterocycles. The van der Waals surface area contributed by atoms with Gasteiger partial charge in [-0.3, -0.25) is 4.79 Å². The Balaban J connectivity index is 1.58. The number of carbonyl (C=O) groups excluding carboxylic acids is 1. The Morgan fingerprint density at radius 2 is 1.83 bits per heavy atom. The van der Waals surface area contributed by atoms with Gasteiger partial charge >= 0.3 is 0 Å². The number of benzene rings is 1. The number of hydrogen-bond acceptors (Lipinski definition) is 8. The normalized spacial score (nSPS) is 17.1. The SMILES string of the molecule is COc1ccccc1Oc1cccc(S(=O)(=O)NC(=O)c2cccnc2N2CC(C)CC2(C)C)n1. The summed E-state index contributed by atoms with van der Waals surface area (Å²) in [6.07, 6.45) is 2.53. The average Bonchev–Trinajstić information content (AvgIpc) is 3.11. The van der Waals surface area contributed by atoms with Gasteiger partial charge in [-0.05, 0) is 56.5 Å². The van der Waals surface area contributed by atoms with E-state index >= 15 is 0 Å². The van der Waals surface area contributed by atoms with Gasteiger partial charge in [0.25, 0.3) is 15.9 Å². The molecule has 0 bridgehead atoms. The molecule has 1 N–H and O–H groups in total. The van der Waals surface area contributed by atoms with Crippen LogP contribution in [0.3, 0.4) is 0 Å². The summed E-state index contributed by atoms with van der Waals surface area (Å²) in [7, 11) is -2.78. The van der Waals surface area contributed by atoms with E-state index < -0.39 is 15.9 Å². The van der Waals surface area contributed by atoms with Crippen LogP contribution in [0.5, 0.6) is 17.4 Å². The summed E-state index contributed by atoms with van der Waals surface area (Å²) in [6, 6.07) is 14.4. The molecule has 35 heavy (non-hydrogen) atoms. The highest BCUT2D eigenvalue weighted by molar-refractivity contribution is 7.90. The summed E-state index contributed by atoms with van der Waals surface area (Å²) in [6.45, 7) is 7.03. The quantitative estimate of drug-likeness (QED) is 0.522. The van der Waals surface area contributed by atoms with E-state index in [0.717, 1.165) is 13.0 Å². The predicted octanol–water partition coefficient (Wildman–Crippen LogP) is 4.02. The van der Waals surface area contributed by atoms with Gasteiger partial charge < -0.3 is 14.4 Å². The Labute approximate surface area is 205 Å². The molecule has 0 radical (unpaired) electrons. The minimum Gasteiger partial charge on any atom is -0.493 e. The number of para-hydroxylation sites is 2. The molecule has 9 nitrogen and oxygen atoms in total. The Kier molecular flexibility index (Phi) is 6.66. The molecular weight excluding hydrogens is 468 g/mol. The van der Waals surface area contributed by atoms with Crippen LogP contribution in [0.2, 0.25) is 0 Å². The lowest BCUT2D eigenvalue weighted by Crippen LogP contribution is -2.41. The van der Waals surface area contributed by atoms with Gasteiger partial charge in [0, 0.05) is 24.3 Å². The number of anilines is 1. The fraction of sp³-hybridized carbons (Fsp3) is 0.320. The van der Waals surface area contributed by atoms with Crippen LogP contribution in [0.15, 0.2) is 65.8 Å². The molecule has 0 saturated carbocycles. The molecule has 4 rings (SSSR count). The second-order valence-corrected chi connectivity index (χ2v) is 10.7. The fourth-order valence-corrected chi connectivity index (χ4v) is 5.32. The van der Waals surface area contributed by atoms with Crippen molar-refractivity contribution in [2.24, 2.45) is 5.92 Å². The van der Waals surface area contributed by atoms with Gasteiger partial charge in [-0.1, -0.05) is 25.1 Å². The third-order valence-corrected chi connectivity index (χ3v) is 7.08. The monoisotopic (exact) mass is 496 g/mol. The van der Waals surface area contributed by atoms with Gasteiger partial charge in [-0.15, -0.1) is 0 Å². The highest BCUT2D eigenvalue weighted by Gasteiger charge is 2.39. The number of hydrogen-bond donors (Lipinski definition) is 1. The first kappa shape index (κ1) is 24.5. The molecule has 1 fully saturated rings. The van der Waals surface area contributed by atoms with Crippen LogP contribution in [-0.2, 0) is 10.0 Å². The smallest absolute Gasteiger partial charge is 0.281 e. The molecule has 1 atom stereocenters. The topological polar surface area (TPSA) is 111 Å². The Morgan fingerprint density at radius 1 is 1.09 bits per heavy atom. The van der Waals surface area contributed by atoms with Gasteiger partial charge in [0.15, 0.2) is 16.5 Å². The van der Waals surface area contributed by atoms with Gasteiger partial charge in [0.05, 0.1) is 12.7 Å². The largest absolute Gasteiger partial charge is 0.493 e.